The third kappa shape index (κ3) is 6.07. The zero-order valence-corrected chi connectivity index (χ0v) is 13.0. The molecule has 0 saturated heterocycles. The van der Waals surface area contributed by atoms with Gasteiger partial charge in [0.05, 0.1) is 5.02 Å². The van der Waals surface area contributed by atoms with Crippen LogP contribution in [0.15, 0.2) is 18.5 Å². The Balaban J connectivity index is 2.56. The molecule has 1 rings (SSSR count). The summed E-state index contributed by atoms with van der Waals surface area (Å²) in [6, 6.07) is 2.50. The Morgan fingerprint density at radius 3 is 2.83 bits per heavy atom. The Morgan fingerprint density at radius 2 is 2.22 bits per heavy atom. The van der Waals surface area contributed by atoms with Gasteiger partial charge in [-0.05, 0) is 36.3 Å². The van der Waals surface area contributed by atoms with E-state index in [1.807, 2.05) is 24.0 Å². The second kappa shape index (κ2) is 8.78. The lowest BCUT2D eigenvalue weighted by Crippen LogP contribution is -2.34. The van der Waals surface area contributed by atoms with Gasteiger partial charge in [0.2, 0.25) is 0 Å². The highest BCUT2D eigenvalue weighted by molar-refractivity contribution is 7.99. The Morgan fingerprint density at radius 1 is 1.44 bits per heavy atom. The molecule has 0 aliphatic carbocycles. The first-order chi connectivity index (χ1) is 8.63. The highest BCUT2D eigenvalue weighted by Gasteiger charge is 2.12. The fraction of sp³-hybridized carbons (Fsp3) is 0.643. The summed E-state index contributed by atoms with van der Waals surface area (Å²) >= 11 is 8.16. The quantitative estimate of drug-likeness (QED) is 0.787. The summed E-state index contributed by atoms with van der Waals surface area (Å²) in [7, 11) is 0. The second-order valence-corrected chi connectivity index (χ2v) is 6.72. The van der Waals surface area contributed by atoms with Gasteiger partial charge in [0, 0.05) is 24.2 Å². The van der Waals surface area contributed by atoms with Crippen LogP contribution in [0.3, 0.4) is 0 Å². The fourth-order valence-electron chi connectivity index (χ4n) is 1.68. The summed E-state index contributed by atoms with van der Waals surface area (Å²) in [5.41, 5.74) is 1.18. The topological polar surface area (TPSA) is 24.9 Å². The van der Waals surface area contributed by atoms with Gasteiger partial charge in [0.25, 0.3) is 0 Å². The van der Waals surface area contributed by atoms with Gasteiger partial charge < -0.3 is 5.32 Å². The normalized spacial score (nSPS) is 12.9. The van der Waals surface area contributed by atoms with E-state index in [9.17, 15) is 0 Å². The van der Waals surface area contributed by atoms with Gasteiger partial charge in [0.15, 0.2) is 0 Å². The molecule has 0 fully saturated rings. The third-order valence-electron chi connectivity index (χ3n) is 2.64. The van der Waals surface area contributed by atoms with E-state index in [0.717, 1.165) is 30.2 Å². The Labute approximate surface area is 120 Å². The van der Waals surface area contributed by atoms with E-state index in [4.69, 9.17) is 11.6 Å². The van der Waals surface area contributed by atoms with Crippen molar-refractivity contribution < 1.29 is 0 Å². The summed E-state index contributed by atoms with van der Waals surface area (Å²) in [5.74, 6) is 1.12. The fourth-order valence-corrected chi connectivity index (χ4v) is 2.73. The Hall–Kier alpha value is -0.250. The van der Waals surface area contributed by atoms with Crippen molar-refractivity contribution in [2.24, 2.45) is 0 Å². The number of pyridine rings is 1. The first-order valence-corrected chi connectivity index (χ1v) is 7.99. The maximum Gasteiger partial charge on any atom is 0.0621 e. The van der Waals surface area contributed by atoms with Crippen molar-refractivity contribution in [3.63, 3.8) is 0 Å². The number of rotatable bonds is 8. The van der Waals surface area contributed by atoms with Crippen LogP contribution in [0.25, 0.3) is 0 Å². The van der Waals surface area contributed by atoms with Gasteiger partial charge in [-0.1, -0.05) is 32.4 Å². The molecule has 0 bridgehead atoms. The molecule has 18 heavy (non-hydrogen) atoms. The SMILES string of the molecule is CCCNC(CSC(C)C)Cc1ccncc1Cl. The molecule has 1 atom stereocenters. The smallest absolute Gasteiger partial charge is 0.0621 e. The van der Waals surface area contributed by atoms with Crippen molar-refractivity contribution in [2.45, 2.75) is 44.9 Å². The average Bonchev–Trinajstić information content (AvgIpc) is 2.35. The lowest BCUT2D eigenvalue weighted by molar-refractivity contribution is 0.549. The average molecular weight is 287 g/mol. The molecule has 0 aliphatic rings. The summed E-state index contributed by atoms with van der Waals surface area (Å²) in [6.45, 7) is 7.73. The van der Waals surface area contributed by atoms with Crippen molar-refractivity contribution in [2.75, 3.05) is 12.3 Å². The largest absolute Gasteiger partial charge is 0.313 e. The molecule has 0 aromatic carbocycles. The van der Waals surface area contributed by atoms with Crippen LogP contribution < -0.4 is 5.32 Å². The zero-order chi connectivity index (χ0) is 13.4. The molecular weight excluding hydrogens is 264 g/mol. The van der Waals surface area contributed by atoms with Crippen molar-refractivity contribution >= 4 is 23.4 Å². The van der Waals surface area contributed by atoms with Gasteiger partial charge in [-0.3, -0.25) is 4.98 Å². The van der Waals surface area contributed by atoms with Crippen LogP contribution in [0.2, 0.25) is 5.02 Å². The molecule has 0 saturated carbocycles. The third-order valence-corrected chi connectivity index (χ3v) is 4.24. The van der Waals surface area contributed by atoms with E-state index in [2.05, 4.69) is 31.1 Å². The number of thioether (sulfide) groups is 1. The summed E-state index contributed by atoms with van der Waals surface area (Å²) < 4.78 is 0. The van der Waals surface area contributed by atoms with E-state index >= 15 is 0 Å². The van der Waals surface area contributed by atoms with E-state index in [1.165, 1.54) is 5.56 Å². The maximum absolute atomic E-state index is 6.17. The van der Waals surface area contributed by atoms with Gasteiger partial charge in [-0.15, -0.1) is 0 Å². The Kier molecular flexibility index (Phi) is 7.71. The van der Waals surface area contributed by atoms with Crippen molar-refractivity contribution in [1.29, 1.82) is 0 Å². The standard InChI is InChI=1S/C14H23ClN2S/c1-4-6-17-13(10-18-11(2)3)8-12-5-7-16-9-14(12)15/h5,7,9,11,13,17H,4,6,8,10H2,1-3H3. The van der Waals surface area contributed by atoms with Gasteiger partial charge >= 0.3 is 0 Å². The molecule has 1 heterocycles. The molecule has 2 nitrogen and oxygen atoms in total. The minimum absolute atomic E-state index is 0.484. The molecule has 0 amide bonds. The number of hydrogen-bond donors (Lipinski definition) is 1. The zero-order valence-electron chi connectivity index (χ0n) is 11.4. The molecule has 0 spiro atoms. The van der Waals surface area contributed by atoms with Crippen LogP contribution in [0.5, 0.6) is 0 Å². The number of nitrogens with one attached hydrogen (secondary N) is 1. The molecule has 1 N–H and O–H groups in total. The van der Waals surface area contributed by atoms with Crippen LogP contribution in [0.1, 0.15) is 32.8 Å². The van der Waals surface area contributed by atoms with Crippen LogP contribution in [0.4, 0.5) is 0 Å². The lowest BCUT2D eigenvalue weighted by atomic mass is 10.1. The molecule has 102 valence electrons. The molecule has 1 aromatic rings. The number of halogens is 1. The minimum Gasteiger partial charge on any atom is -0.313 e. The van der Waals surface area contributed by atoms with Crippen molar-refractivity contribution in [3.05, 3.63) is 29.0 Å². The first kappa shape index (κ1) is 15.8. The molecule has 1 unspecified atom stereocenters. The summed E-state index contributed by atoms with van der Waals surface area (Å²) in [6.07, 6.45) is 5.67. The molecule has 0 aliphatic heterocycles. The lowest BCUT2D eigenvalue weighted by Gasteiger charge is -2.19. The molecule has 4 heteroatoms. The number of nitrogens with zero attached hydrogens (tertiary/aromatic N) is 1. The summed E-state index contributed by atoms with van der Waals surface area (Å²) in [4.78, 5) is 4.03. The van der Waals surface area contributed by atoms with E-state index in [0.29, 0.717) is 11.3 Å². The van der Waals surface area contributed by atoms with Gasteiger partial charge in [-0.2, -0.15) is 11.8 Å². The highest BCUT2D eigenvalue weighted by atomic mass is 35.5. The summed E-state index contributed by atoms with van der Waals surface area (Å²) in [5, 5.41) is 5.04. The van der Waals surface area contributed by atoms with Crippen LogP contribution >= 0.6 is 23.4 Å². The minimum atomic E-state index is 0.484. The molecular formula is C14H23ClN2S. The maximum atomic E-state index is 6.17. The van der Waals surface area contributed by atoms with Crippen LogP contribution in [-0.4, -0.2) is 28.6 Å². The second-order valence-electron chi connectivity index (χ2n) is 4.70. The Bertz CT molecular complexity index is 344. The van der Waals surface area contributed by atoms with E-state index in [-0.39, 0.29) is 0 Å². The molecule has 0 radical (unpaired) electrons. The highest BCUT2D eigenvalue weighted by Crippen LogP contribution is 2.18. The number of aromatic nitrogens is 1. The van der Waals surface area contributed by atoms with E-state index in [1.54, 1.807) is 6.20 Å². The predicted molar refractivity (Wildman–Crippen MR) is 82.6 cm³/mol. The van der Waals surface area contributed by atoms with E-state index < -0.39 is 0 Å². The van der Waals surface area contributed by atoms with Gasteiger partial charge in [0.1, 0.15) is 0 Å². The molecule has 1 aromatic heterocycles. The van der Waals surface area contributed by atoms with Crippen molar-refractivity contribution in [3.8, 4) is 0 Å². The van der Waals surface area contributed by atoms with Crippen molar-refractivity contribution in [1.82, 2.24) is 10.3 Å². The van der Waals surface area contributed by atoms with Crippen LogP contribution in [0, 0.1) is 0 Å². The predicted octanol–water partition coefficient (Wildman–Crippen LogP) is 3.79. The van der Waals surface area contributed by atoms with Gasteiger partial charge in [-0.25, -0.2) is 0 Å². The van der Waals surface area contributed by atoms with Crippen LogP contribution in [-0.2, 0) is 6.42 Å². The first-order valence-electron chi connectivity index (χ1n) is 6.56. The monoisotopic (exact) mass is 286 g/mol. The number of hydrogen-bond acceptors (Lipinski definition) is 3.